The number of nitrogens with zero attached hydrogens (tertiary/aromatic N) is 1. The Morgan fingerprint density at radius 2 is 2.27 bits per heavy atom. The summed E-state index contributed by atoms with van der Waals surface area (Å²) >= 11 is 0. The average molecular weight is 156 g/mol. The number of nitrogens with one attached hydrogen (secondary N) is 1. The van der Waals surface area contributed by atoms with Gasteiger partial charge in [-0.3, -0.25) is 4.90 Å². The second-order valence-electron chi connectivity index (χ2n) is 3.59. The Morgan fingerprint density at radius 3 is 2.82 bits per heavy atom. The molecule has 1 unspecified atom stereocenters. The first kappa shape index (κ1) is 9.01. The molecule has 0 aromatic carbocycles. The fourth-order valence-corrected chi connectivity index (χ4v) is 1.79. The summed E-state index contributed by atoms with van der Waals surface area (Å²) in [6.45, 7) is 9.19. The molecule has 0 aliphatic carbocycles. The molecule has 0 saturated carbocycles. The van der Waals surface area contributed by atoms with Crippen LogP contribution in [0.3, 0.4) is 0 Å². The molecule has 1 rings (SSSR count). The highest BCUT2D eigenvalue weighted by Crippen LogP contribution is 2.12. The van der Waals surface area contributed by atoms with E-state index in [9.17, 15) is 0 Å². The maximum absolute atomic E-state index is 3.51. The van der Waals surface area contributed by atoms with Gasteiger partial charge in [0.15, 0.2) is 0 Å². The summed E-state index contributed by atoms with van der Waals surface area (Å²) in [7, 11) is 0. The van der Waals surface area contributed by atoms with Crippen LogP contribution in [0.4, 0.5) is 0 Å². The Kier molecular flexibility index (Phi) is 3.34. The second kappa shape index (κ2) is 4.07. The maximum Gasteiger partial charge on any atom is 0.0600 e. The Bertz CT molecular complexity index is 112. The van der Waals surface area contributed by atoms with Crippen molar-refractivity contribution in [3.05, 3.63) is 0 Å². The Morgan fingerprint density at radius 1 is 1.55 bits per heavy atom. The largest absolute Gasteiger partial charge is 0.300 e. The molecule has 1 saturated heterocycles. The van der Waals surface area contributed by atoms with E-state index in [0.717, 1.165) is 0 Å². The van der Waals surface area contributed by atoms with Crippen LogP contribution in [-0.4, -0.2) is 30.2 Å². The molecule has 0 aromatic rings. The first-order chi connectivity index (χ1) is 5.25. The molecule has 0 aromatic heterocycles. The van der Waals surface area contributed by atoms with Gasteiger partial charge < -0.3 is 5.32 Å². The first-order valence-electron chi connectivity index (χ1n) is 4.74. The molecule has 0 bridgehead atoms. The van der Waals surface area contributed by atoms with Gasteiger partial charge in [0.05, 0.1) is 6.17 Å². The molecule has 66 valence electrons. The highest BCUT2D eigenvalue weighted by Gasteiger charge is 2.24. The van der Waals surface area contributed by atoms with Crippen molar-refractivity contribution in [3.63, 3.8) is 0 Å². The Hall–Kier alpha value is -0.0800. The third-order valence-corrected chi connectivity index (χ3v) is 2.38. The molecule has 1 atom stereocenters. The van der Waals surface area contributed by atoms with Crippen LogP contribution in [0.5, 0.6) is 0 Å². The van der Waals surface area contributed by atoms with Crippen molar-refractivity contribution in [2.24, 2.45) is 0 Å². The molecule has 2 heteroatoms. The Labute approximate surface area is 70.0 Å². The van der Waals surface area contributed by atoms with Gasteiger partial charge in [-0.25, -0.2) is 0 Å². The summed E-state index contributed by atoms with van der Waals surface area (Å²) in [5, 5.41) is 3.51. The lowest BCUT2D eigenvalue weighted by Crippen LogP contribution is -2.39. The first-order valence-corrected chi connectivity index (χ1v) is 4.74. The van der Waals surface area contributed by atoms with Crippen LogP contribution in [0.1, 0.15) is 33.6 Å². The molecule has 0 amide bonds. The third-order valence-electron chi connectivity index (χ3n) is 2.38. The molecule has 2 nitrogen and oxygen atoms in total. The normalized spacial score (nSPS) is 26.7. The monoisotopic (exact) mass is 156 g/mol. The highest BCUT2D eigenvalue weighted by atomic mass is 15.3. The minimum Gasteiger partial charge on any atom is -0.300 e. The predicted octanol–water partition coefficient (Wildman–Crippen LogP) is 1.43. The van der Waals surface area contributed by atoms with Gasteiger partial charge in [0.25, 0.3) is 0 Å². The van der Waals surface area contributed by atoms with Crippen LogP contribution in [0, 0.1) is 0 Å². The van der Waals surface area contributed by atoms with Crippen molar-refractivity contribution in [3.8, 4) is 0 Å². The summed E-state index contributed by atoms with van der Waals surface area (Å²) < 4.78 is 0. The van der Waals surface area contributed by atoms with Crippen LogP contribution in [-0.2, 0) is 0 Å². The quantitative estimate of drug-likeness (QED) is 0.665. The number of hydrogen-bond donors (Lipinski definition) is 1. The summed E-state index contributed by atoms with van der Waals surface area (Å²) in [5.41, 5.74) is 0. The van der Waals surface area contributed by atoms with E-state index in [1.165, 1.54) is 25.9 Å². The van der Waals surface area contributed by atoms with E-state index in [2.05, 4.69) is 31.0 Å². The van der Waals surface area contributed by atoms with Gasteiger partial charge in [-0.05, 0) is 20.3 Å². The molecule has 1 N–H and O–H groups in total. The summed E-state index contributed by atoms with van der Waals surface area (Å²) in [6.07, 6.45) is 3.22. The number of rotatable bonds is 3. The zero-order valence-electron chi connectivity index (χ0n) is 7.93. The molecule has 1 heterocycles. The van der Waals surface area contributed by atoms with E-state index in [-0.39, 0.29) is 0 Å². The molecular formula is C9H20N2. The molecule has 1 aliphatic rings. The average Bonchev–Trinajstić information content (AvgIpc) is 2.36. The Balaban J connectivity index is 2.37. The molecule has 1 aliphatic heterocycles. The minimum absolute atomic E-state index is 0.653. The lowest BCUT2D eigenvalue weighted by Gasteiger charge is -2.27. The second-order valence-corrected chi connectivity index (χ2v) is 3.59. The van der Waals surface area contributed by atoms with Crippen molar-refractivity contribution < 1.29 is 0 Å². The summed E-state index contributed by atoms with van der Waals surface area (Å²) in [4.78, 5) is 2.55. The topological polar surface area (TPSA) is 15.3 Å². The van der Waals surface area contributed by atoms with Gasteiger partial charge >= 0.3 is 0 Å². The van der Waals surface area contributed by atoms with Gasteiger partial charge in [-0.2, -0.15) is 0 Å². The lowest BCUT2D eigenvalue weighted by molar-refractivity contribution is 0.184. The van der Waals surface area contributed by atoms with Gasteiger partial charge in [-0.15, -0.1) is 0 Å². The third kappa shape index (κ3) is 2.17. The van der Waals surface area contributed by atoms with E-state index < -0.39 is 0 Å². The van der Waals surface area contributed by atoms with Crippen LogP contribution in [0.15, 0.2) is 0 Å². The van der Waals surface area contributed by atoms with Crippen LogP contribution in [0.25, 0.3) is 0 Å². The van der Waals surface area contributed by atoms with Gasteiger partial charge in [0.1, 0.15) is 0 Å². The van der Waals surface area contributed by atoms with Crippen molar-refractivity contribution in [1.82, 2.24) is 10.2 Å². The van der Waals surface area contributed by atoms with E-state index in [1.54, 1.807) is 0 Å². The standard InChI is InChI=1S/C9H20N2/c1-4-5-9-10-6-7-11(9)8(2)3/h8-10H,4-7H2,1-3H3. The SMILES string of the molecule is CCCC1NCCN1C(C)C. The molecule has 11 heavy (non-hydrogen) atoms. The van der Waals surface area contributed by atoms with Crippen LogP contribution >= 0.6 is 0 Å². The fourth-order valence-electron chi connectivity index (χ4n) is 1.79. The molecule has 1 fully saturated rings. The van der Waals surface area contributed by atoms with Gasteiger partial charge in [-0.1, -0.05) is 13.3 Å². The predicted molar refractivity (Wildman–Crippen MR) is 48.5 cm³/mol. The minimum atomic E-state index is 0.653. The molecule has 0 radical (unpaired) electrons. The van der Waals surface area contributed by atoms with E-state index in [1.807, 2.05) is 0 Å². The molecular weight excluding hydrogens is 136 g/mol. The van der Waals surface area contributed by atoms with Crippen molar-refractivity contribution >= 4 is 0 Å². The highest BCUT2D eigenvalue weighted by molar-refractivity contribution is 4.79. The van der Waals surface area contributed by atoms with Crippen molar-refractivity contribution in [2.75, 3.05) is 13.1 Å². The summed E-state index contributed by atoms with van der Waals surface area (Å²) in [5.74, 6) is 0. The van der Waals surface area contributed by atoms with E-state index >= 15 is 0 Å². The van der Waals surface area contributed by atoms with Gasteiger partial charge in [0.2, 0.25) is 0 Å². The lowest BCUT2D eigenvalue weighted by atomic mass is 10.2. The number of hydrogen-bond acceptors (Lipinski definition) is 2. The van der Waals surface area contributed by atoms with Crippen molar-refractivity contribution in [2.45, 2.75) is 45.8 Å². The smallest absolute Gasteiger partial charge is 0.0600 e. The zero-order chi connectivity index (χ0) is 8.27. The summed E-state index contributed by atoms with van der Waals surface area (Å²) in [6, 6.07) is 0.696. The van der Waals surface area contributed by atoms with Crippen LogP contribution < -0.4 is 5.32 Å². The molecule has 0 spiro atoms. The van der Waals surface area contributed by atoms with E-state index in [4.69, 9.17) is 0 Å². The van der Waals surface area contributed by atoms with Gasteiger partial charge in [0, 0.05) is 19.1 Å². The fraction of sp³-hybridized carbons (Fsp3) is 1.00. The van der Waals surface area contributed by atoms with Crippen LogP contribution in [0.2, 0.25) is 0 Å². The van der Waals surface area contributed by atoms with E-state index in [0.29, 0.717) is 12.2 Å². The zero-order valence-corrected chi connectivity index (χ0v) is 7.93. The van der Waals surface area contributed by atoms with Crippen molar-refractivity contribution in [1.29, 1.82) is 0 Å². The maximum atomic E-state index is 3.51.